The highest BCUT2D eigenvalue weighted by molar-refractivity contribution is 5.95. The smallest absolute Gasteiger partial charge is 0.324 e. The van der Waals surface area contributed by atoms with Crippen molar-refractivity contribution in [1.29, 1.82) is 0 Å². The van der Waals surface area contributed by atoms with Gasteiger partial charge in [-0.1, -0.05) is 49.1 Å². The summed E-state index contributed by atoms with van der Waals surface area (Å²) < 4.78 is 85.8. The standard InChI is InChI=1S/C36H28F6N4O/c1-22-6-5-15-45(20-22)35(47)43-27-10-3-8-24(17-27)14-13-23-7-2-9-25(16-23)34-28-11-4-12-30(36(40,41)42)33(28)44-46(34)21-29-31(38)18-26(37)19-32(29)39/h2-4,7-12,16-19,22H,5-6,15,20-21H2,1H3,(H,43,47). The lowest BCUT2D eigenvalue weighted by atomic mass is 10.0. The maximum Gasteiger partial charge on any atom is 0.418 e. The summed E-state index contributed by atoms with van der Waals surface area (Å²) in [6.07, 6.45) is -2.69. The number of nitrogens with zero attached hydrogens (tertiary/aromatic N) is 3. The van der Waals surface area contributed by atoms with Crippen LogP contribution in [0.2, 0.25) is 0 Å². The number of amides is 2. The number of nitrogens with one attached hydrogen (secondary N) is 1. The van der Waals surface area contributed by atoms with Crippen LogP contribution in [0.4, 0.5) is 36.8 Å². The number of halogens is 6. The van der Waals surface area contributed by atoms with Crippen LogP contribution in [0.25, 0.3) is 22.2 Å². The van der Waals surface area contributed by atoms with Crippen LogP contribution in [0.1, 0.15) is 42.0 Å². The summed E-state index contributed by atoms with van der Waals surface area (Å²) in [5.74, 6) is 3.04. The van der Waals surface area contributed by atoms with E-state index in [4.69, 9.17) is 0 Å². The van der Waals surface area contributed by atoms with Gasteiger partial charge in [0, 0.05) is 58.5 Å². The highest BCUT2D eigenvalue weighted by Gasteiger charge is 2.35. The highest BCUT2D eigenvalue weighted by atomic mass is 19.4. The Bertz CT molecular complexity index is 2020. The zero-order chi connectivity index (χ0) is 33.3. The zero-order valence-corrected chi connectivity index (χ0v) is 25.1. The molecule has 1 unspecified atom stereocenters. The molecular weight excluding hydrogens is 618 g/mol. The second-order valence-corrected chi connectivity index (χ2v) is 11.6. The third kappa shape index (κ3) is 6.97. The van der Waals surface area contributed by atoms with Crippen molar-refractivity contribution in [2.75, 3.05) is 18.4 Å². The summed E-state index contributed by atoms with van der Waals surface area (Å²) in [6.45, 7) is 2.92. The van der Waals surface area contributed by atoms with Crippen molar-refractivity contribution in [3.8, 4) is 23.1 Å². The molecule has 5 nitrogen and oxygen atoms in total. The zero-order valence-electron chi connectivity index (χ0n) is 25.1. The molecule has 1 saturated heterocycles. The largest absolute Gasteiger partial charge is 0.418 e. The van der Waals surface area contributed by atoms with Crippen molar-refractivity contribution in [3.63, 3.8) is 0 Å². The van der Waals surface area contributed by atoms with Crippen LogP contribution in [0.15, 0.2) is 78.9 Å². The molecule has 0 aliphatic carbocycles. The molecule has 6 rings (SSSR count). The average molecular weight is 647 g/mol. The number of anilines is 1. The van der Waals surface area contributed by atoms with Crippen molar-refractivity contribution in [2.45, 2.75) is 32.5 Å². The fourth-order valence-corrected chi connectivity index (χ4v) is 5.81. The van der Waals surface area contributed by atoms with Crippen LogP contribution >= 0.6 is 0 Å². The second-order valence-electron chi connectivity index (χ2n) is 11.6. The number of carbonyl (C=O) groups is 1. The monoisotopic (exact) mass is 646 g/mol. The SMILES string of the molecule is CC1CCCN(C(=O)Nc2cccc(C#Cc3cccc(-c4c5cccc(C(F)(F)F)c5nn4Cc4c(F)cc(F)cc4F)c3)c2)C1. The van der Waals surface area contributed by atoms with E-state index < -0.39 is 46.8 Å². The van der Waals surface area contributed by atoms with Gasteiger partial charge in [-0.05, 0) is 55.2 Å². The van der Waals surface area contributed by atoms with E-state index in [-0.39, 0.29) is 17.1 Å². The van der Waals surface area contributed by atoms with E-state index in [1.54, 1.807) is 53.4 Å². The van der Waals surface area contributed by atoms with Crippen LogP contribution in [-0.4, -0.2) is 33.8 Å². The molecule has 1 N–H and O–H groups in total. The molecule has 0 bridgehead atoms. The average Bonchev–Trinajstić information content (AvgIpc) is 3.40. The molecule has 0 radical (unpaired) electrons. The molecule has 1 aromatic heterocycles. The van der Waals surface area contributed by atoms with Crippen LogP contribution in [0, 0.1) is 35.2 Å². The van der Waals surface area contributed by atoms with E-state index in [1.165, 1.54) is 12.1 Å². The quantitative estimate of drug-likeness (QED) is 0.157. The Morgan fingerprint density at radius 3 is 2.32 bits per heavy atom. The van der Waals surface area contributed by atoms with E-state index in [0.29, 0.717) is 53.5 Å². The van der Waals surface area contributed by atoms with Crippen LogP contribution in [0.5, 0.6) is 0 Å². The van der Waals surface area contributed by atoms with E-state index in [9.17, 15) is 31.1 Å². The predicted molar refractivity (Wildman–Crippen MR) is 167 cm³/mol. The lowest BCUT2D eigenvalue weighted by molar-refractivity contribution is -0.136. The number of benzene rings is 4. The first-order valence-corrected chi connectivity index (χ1v) is 14.9. The fraction of sp³-hybridized carbons (Fsp3) is 0.222. The number of carbonyl (C=O) groups excluding carboxylic acids is 1. The van der Waals surface area contributed by atoms with Crippen molar-refractivity contribution in [2.24, 2.45) is 5.92 Å². The summed E-state index contributed by atoms with van der Waals surface area (Å²) >= 11 is 0. The number of hydrogen-bond acceptors (Lipinski definition) is 2. The van der Waals surface area contributed by atoms with E-state index >= 15 is 0 Å². The number of likely N-dealkylation sites (tertiary alicyclic amines) is 1. The Balaban J connectivity index is 1.35. The molecule has 5 aromatic rings. The molecule has 4 aromatic carbocycles. The first-order chi connectivity index (χ1) is 22.5. The molecule has 0 saturated carbocycles. The lowest BCUT2D eigenvalue weighted by Crippen LogP contribution is -2.41. The maximum atomic E-state index is 14.6. The molecule has 11 heteroatoms. The van der Waals surface area contributed by atoms with Gasteiger partial charge in [0.25, 0.3) is 0 Å². The molecule has 2 heterocycles. The molecule has 1 fully saturated rings. The minimum atomic E-state index is -4.74. The van der Waals surface area contributed by atoms with Gasteiger partial charge < -0.3 is 10.2 Å². The van der Waals surface area contributed by atoms with Gasteiger partial charge in [-0.3, -0.25) is 4.68 Å². The van der Waals surface area contributed by atoms with Gasteiger partial charge in [-0.15, -0.1) is 0 Å². The molecule has 0 spiro atoms. The summed E-state index contributed by atoms with van der Waals surface area (Å²) in [5, 5.41) is 7.18. The third-order valence-corrected chi connectivity index (χ3v) is 8.03. The van der Waals surface area contributed by atoms with Crippen LogP contribution < -0.4 is 5.32 Å². The fourth-order valence-electron chi connectivity index (χ4n) is 5.81. The third-order valence-electron chi connectivity index (χ3n) is 8.03. The Labute approximate surface area is 266 Å². The summed E-state index contributed by atoms with van der Waals surface area (Å²) in [4.78, 5) is 14.6. The minimum absolute atomic E-state index is 0.111. The lowest BCUT2D eigenvalue weighted by Gasteiger charge is -2.30. The van der Waals surface area contributed by atoms with Gasteiger partial charge in [0.1, 0.15) is 23.0 Å². The van der Waals surface area contributed by atoms with Crippen LogP contribution in [0.3, 0.4) is 0 Å². The molecule has 2 amide bonds. The molecule has 1 aliphatic rings. The minimum Gasteiger partial charge on any atom is -0.324 e. The predicted octanol–water partition coefficient (Wildman–Crippen LogP) is 8.85. The highest BCUT2D eigenvalue weighted by Crippen LogP contribution is 2.38. The molecule has 1 atom stereocenters. The Hall–Kier alpha value is -5.24. The van der Waals surface area contributed by atoms with Crippen molar-refractivity contribution >= 4 is 22.6 Å². The van der Waals surface area contributed by atoms with Gasteiger partial charge in [0.15, 0.2) is 0 Å². The molecule has 1 aliphatic heterocycles. The number of urea groups is 1. The Morgan fingerprint density at radius 2 is 1.62 bits per heavy atom. The Kier molecular flexibility index (Phi) is 8.69. The number of alkyl halides is 3. The van der Waals surface area contributed by atoms with Gasteiger partial charge in [0.05, 0.1) is 17.8 Å². The maximum absolute atomic E-state index is 14.6. The molecule has 240 valence electrons. The van der Waals surface area contributed by atoms with Crippen LogP contribution in [-0.2, 0) is 12.7 Å². The van der Waals surface area contributed by atoms with E-state index in [2.05, 4.69) is 29.2 Å². The number of piperidine rings is 1. The number of aromatic nitrogens is 2. The molecular formula is C36H28F6N4O. The molecule has 47 heavy (non-hydrogen) atoms. The van der Waals surface area contributed by atoms with Gasteiger partial charge in [0.2, 0.25) is 0 Å². The number of hydrogen-bond donors (Lipinski definition) is 1. The first-order valence-electron chi connectivity index (χ1n) is 14.9. The van der Waals surface area contributed by atoms with Crippen molar-refractivity contribution in [1.82, 2.24) is 14.7 Å². The Morgan fingerprint density at radius 1 is 0.936 bits per heavy atom. The van der Waals surface area contributed by atoms with E-state index in [1.807, 2.05) is 0 Å². The number of rotatable bonds is 4. The van der Waals surface area contributed by atoms with E-state index in [0.717, 1.165) is 23.6 Å². The summed E-state index contributed by atoms with van der Waals surface area (Å²) in [5.41, 5.74) is 0.337. The van der Waals surface area contributed by atoms with Gasteiger partial charge >= 0.3 is 12.2 Å². The van der Waals surface area contributed by atoms with Gasteiger partial charge in [-0.25, -0.2) is 18.0 Å². The summed E-state index contributed by atoms with van der Waals surface area (Å²) in [7, 11) is 0. The van der Waals surface area contributed by atoms with Crippen molar-refractivity contribution < 1.29 is 31.1 Å². The van der Waals surface area contributed by atoms with Crippen molar-refractivity contribution in [3.05, 3.63) is 119 Å². The summed E-state index contributed by atoms with van der Waals surface area (Å²) in [6, 6.07) is 18.1. The van der Waals surface area contributed by atoms with Gasteiger partial charge in [-0.2, -0.15) is 18.3 Å². The normalized spacial score (nSPS) is 15.0. The first kappa shape index (κ1) is 31.7. The number of fused-ring (bicyclic) bond motifs is 1. The second kappa shape index (κ2) is 12.9. The topological polar surface area (TPSA) is 50.2 Å².